The molecule has 2 aromatic rings. The summed E-state index contributed by atoms with van der Waals surface area (Å²) < 4.78 is 11.1. The van der Waals surface area contributed by atoms with Crippen LogP contribution in [0.5, 0.6) is 11.5 Å². The van der Waals surface area contributed by atoms with Crippen LogP contribution in [-0.4, -0.2) is 7.11 Å². The van der Waals surface area contributed by atoms with Crippen molar-refractivity contribution < 1.29 is 9.47 Å². The molecule has 21 heavy (non-hydrogen) atoms. The highest BCUT2D eigenvalue weighted by atomic mass is 16.5. The number of hydrogen-bond donors (Lipinski definition) is 1. The van der Waals surface area contributed by atoms with E-state index in [1.165, 1.54) is 0 Å². The van der Waals surface area contributed by atoms with Crippen LogP contribution in [0.2, 0.25) is 0 Å². The Bertz CT molecular complexity index is 660. The van der Waals surface area contributed by atoms with Crippen LogP contribution in [0.15, 0.2) is 42.5 Å². The summed E-state index contributed by atoms with van der Waals surface area (Å²) in [6.07, 6.45) is 0. The van der Waals surface area contributed by atoms with Crippen LogP contribution in [0.3, 0.4) is 0 Å². The maximum Gasteiger partial charge on any atom is 0.128 e. The second kappa shape index (κ2) is 6.78. The van der Waals surface area contributed by atoms with E-state index in [2.05, 4.69) is 6.07 Å². The van der Waals surface area contributed by atoms with Crippen molar-refractivity contribution in [1.82, 2.24) is 0 Å². The lowest BCUT2D eigenvalue weighted by Crippen LogP contribution is -2.08. The Hall–Kier alpha value is -2.51. The van der Waals surface area contributed by atoms with E-state index in [1.54, 1.807) is 13.2 Å². The monoisotopic (exact) mass is 282 g/mol. The Morgan fingerprint density at radius 2 is 2.05 bits per heavy atom. The van der Waals surface area contributed by atoms with E-state index >= 15 is 0 Å². The molecule has 2 aromatic carbocycles. The van der Waals surface area contributed by atoms with Crippen molar-refractivity contribution in [3.63, 3.8) is 0 Å². The topological polar surface area (TPSA) is 68.3 Å². The summed E-state index contributed by atoms with van der Waals surface area (Å²) in [5, 5.41) is 8.91. The van der Waals surface area contributed by atoms with Gasteiger partial charge in [0, 0.05) is 17.7 Å². The molecule has 2 rings (SSSR count). The molecular weight excluding hydrogens is 264 g/mol. The van der Waals surface area contributed by atoms with Gasteiger partial charge in [0.1, 0.15) is 18.1 Å². The highest BCUT2D eigenvalue weighted by Gasteiger charge is 2.10. The second-order valence-electron chi connectivity index (χ2n) is 4.79. The molecule has 0 saturated heterocycles. The summed E-state index contributed by atoms with van der Waals surface area (Å²) in [4.78, 5) is 0. The largest absolute Gasteiger partial charge is 0.497 e. The Labute approximate surface area is 124 Å². The van der Waals surface area contributed by atoms with Crippen molar-refractivity contribution in [2.45, 2.75) is 19.6 Å². The lowest BCUT2D eigenvalue weighted by atomic mass is 10.1. The number of hydrogen-bond acceptors (Lipinski definition) is 4. The van der Waals surface area contributed by atoms with Gasteiger partial charge in [-0.2, -0.15) is 5.26 Å². The molecule has 0 aromatic heterocycles. The van der Waals surface area contributed by atoms with E-state index < -0.39 is 0 Å². The average Bonchev–Trinajstić information content (AvgIpc) is 2.52. The van der Waals surface area contributed by atoms with Crippen LogP contribution in [0.25, 0.3) is 0 Å². The molecule has 0 fully saturated rings. The third kappa shape index (κ3) is 3.74. The van der Waals surface area contributed by atoms with E-state index in [1.807, 2.05) is 43.3 Å². The molecule has 0 aliphatic heterocycles. The summed E-state index contributed by atoms with van der Waals surface area (Å²) in [5.74, 6) is 1.42. The van der Waals surface area contributed by atoms with E-state index in [4.69, 9.17) is 20.5 Å². The minimum absolute atomic E-state index is 0.128. The van der Waals surface area contributed by atoms with Gasteiger partial charge in [-0.15, -0.1) is 0 Å². The molecule has 0 aliphatic carbocycles. The quantitative estimate of drug-likeness (QED) is 0.914. The fourth-order valence-corrected chi connectivity index (χ4v) is 2.03. The highest BCUT2D eigenvalue weighted by Crippen LogP contribution is 2.29. The minimum Gasteiger partial charge on any atom is -0.497 e. The van der Waals surface area contributed by atoms with E-state index in [-0.39, 0.29) is 6.04 Å². The lowest BCUT2D eigenvalue weighted by Gasteiger charge is -2.15. The van der Waals surface area contributed by atoms with Crippen LogP contribution < -0.4 is 15.2 Å². The Morgan fingerprint density at radius 1 is 1.24 bits per heavy atom. The van der Waals surface area contributed by atoms with Crippen molar-refractivity contribution >= 4 is 0 Å². The smallest absolute Gasteiger partial charge is 0.128 e. The van der Waals surface area contributed by atoms with Gasteiger partial charge in [0.15, 0.2) is 0 Å². The summed E-state index contributed by atoms with van der Waals surface area (Å²) in [5.41, 5.74) is 8.44. The normalized spacial score (nSPS) is 11.5. The van der Waals surface area contributed by atoms with E-state index in [0.717, 1.165) is 16.9 Å². The zero-order valence-corrected chi connectivity index (χ0v) is 12.2. The van der Waals surface area contributed by atoms with Crippen LogP contribution in [-0.2, 0) is 6.61 Å². The molecule has 0 amide bonds. The van der Waals surface area contributed by atoms with Crippen LogP contribution >= 0.6 is 0 Å². The highest BCUT2D eigenvalue weighted by molar-refractivity contribution is 5.42. The number of nitriles is 1. The maximum absolute atomic E-state index is 8.91. The van der Waals surface area contributed by atoms with Crippen molar-refractivity contribution in [2.75, 3.05) is 7.11 Å². The standard InChI is InChI=1S/C17H18N2O2/c1-12(19)16-7-6-15(20-2)9-17(16)21-11-14-5-3-4-13(8-14)10-18/h3-9,12H,11,19H2,1-2H3/t12-/m0/s1. The average molecular weight is 282 g/mol. The van der Waals surface area contributed by atoms with Gasteiger partial charge >= 0.3 is 0 Å². The molecule has 0 bridgehead atoms. The van der Waals surface area contributed by atoms with Crippen LogP contribution in [0, 0.1) is 11.3 Å². The van der Waals surface area contributed by atoms with Gasteiger partial charge in [0.05, 0.1) is 18.7 Å². The summed E-state index contributed by atoms with van der Waals surface area (Å²) in [6.45, 7) is 2.29. The number of rotatable bonds is 5. The predicted octanol–water partition coefficient (Wildman–Crippen LogP) is 3.17. The Balaban J connectivity index is 2.20. The maximum atomic E-state index is 8.91. The Morgan fingerprint density at radius 3 is 2.71 bits per heavy atom. The van der Waals surface area contributed by atoms with Gasteiger partial charge in [0.25, 0.3) is 0 Å². The van der Waals surface area contributed by atoms with Crippen molar-refractivity contribution in [3.05, 3.63) is 59.2 Å². The first-order valence-corrected chi connectivity index (χ1v) is 6.69. The SMILES string of the molecule is COc1ccc([C@H](C)N)c(OCc2cccc(C#N)c2)c1. The molecule has 108 valence electrons. The third-order valence-corrected chi connectivity index (χ3v) is 3.16. The van der Waals surface area contributed by atoms with Gasteiger partial charge in [-0.05, 0) is 30.7 Å². The molecule has 0 radical (unpaired) electrons. The predicted molar refractivity (Wildman–Crippen MR) is 81.1 cm³/mol. The van der Waals surface area contributed by atoms with E-state index in [0.29, 0.717) is 17.9 Å². The molecule has 0 heterocycles. The Kier molecular flexibility index (Phi) is 4.81. The summed E-state index contributed by atoms with van der Waals surface area (Å²) in [6, 6.07) is 14.9. The zero-order valence-electron chi connectivity index (χ0n) is 12.2. The molecule has 2 N–H and O–H groups in total. The van der Waals surface area contributed by atoms with Crippen LogP contribution in [0.4, 0.5) is 0 Å². The van der Waals surface area contributed by atoms with Crippen LogP contribution in [0.1, 0.15) is 29.7 Å². The van der Waals surface area contributed by atoms with Gasteiger partial charge < -0.3 is 15.2 Å². The molecule has 4 nitrogen and oxygen atoms in total. The van der Waals surface area contributed by atoms with Crippen molar-refractivity contribution in [1.29, 1.82) is 5.26 Å². The first-order valence-electron chi connectivity index (χ1n) is 6.69. The fourth-order valence-electron chi connectivity index (χ4n) is 2.03. The molecule has 0 spiro atoms. The number of nitrogens with two attached hydrogens (primary N) is 1. The van der Waals surface area contributed by atoms with Gasteiger partial charge in [-0.3, -0.25) is 0 Å². The number of benzene rings is 2. The number of ether oxygens (including phenoxy) is 2. The third-order valence-electron chi connectivity index (χ3n) is 3.16. The molecule has 0 aliphatic rings. The molecule has 0 unspecified atom stereocenters. The van der Waals surface area contributed by atoms with Crippen molar-refractivity contribution in [2.24, 2.45) is 5.73 Å². The minimum atomic E-state index is -0.128. The van der Waals surface area contributed by atoms with Gasteiger partial charge in [-0.1, -0.05) is 18.2 Å². The zero-order chi connectivity index (χ0) is 15.2. The fraction of sp³-hybridized carbons (Fsp3) is 0.235. The second-order valence-corrected chi connectivity index (χ2v) is 4.79. The number of methoxy groups -OCH3 is 1. The summed E-state index contributed by atoms with van der Waals surface area (Å²) in [7, 11) is 1.61. The molecule has 0 saturated carbocycles. The van der Waals surface area contributed by atoms with Crippen molar-refractivity contribution in [3.8, 4) is 17.6 Å². The molecule has 4 heteroatoms. The molecule has 1 atom stereocenters. The first-order chi connectivity index (χ1) is 10.1. The summed E-state index contributed by atoms with van der Waals surface area (Å²) >= 11 is 0. The number of nitrogens with zero attached hydrogens (tertiary/aromatic N) is 1. The first kappa shape index (κ1) is 14.9. The molecular formula is C17H18N2O2. The lowest BCUT2D eigenvalue weighted by molar-refractivity contribution is 0.299. The van der Waals surface area contributed by atoms with E-state index in [9.17, 15) is 0 Å². The van der Waals surface area contributed by atoms with Gasteiger partial charge in [0.2, 0.25) is 0 Å². The van der Waals surface area contributed by atoms with Gasteiger partial charge in [-0.25, -0.2) is 0 Å².